The first kappa shape index (κ1) is 21.9. The molecule has 0 N–H and O–H groups in total. The number of benzene rings is 2. The molecule has 0 aliphatic carbocycles. The molecule has 5 rings (SSSR count). The number of imidazole rings is 1. The van der Waals surface area contributed by atoms with Crippen molar-refractivity contribution in [3.8, 4) is 5.69 Å². The highest BCUT2D eigenvalue weighted by Gasteiger charge is 2.25. The van der Waals surface area contributed by atoms with Gasteiger partial charge >= 0.3 is 0 Å². The summed E-state index contributed by atoms with van der Waals surface area (Å²) in [7, 11) is 0. The summed E-state index contributed by atoms with van der Waals surface area (Å²) in [6.07, 6.45) is 7.04. The average molecular weight is 475 g/mol. The number of amides is 1. The minimum Gasteiger partial charge on any atom is -0.365 e. The van der Waals surface area contributed by atoms with Crippen LogP contribution < -0.4 is 10.5 Å². The molecule has 3 heterocycles. The zero-order valence-corrected chi connectivity index (χ0v) is 19.2. The molecule has 4 aromatic rings. The fourth-order valence-electron chi connectivity index (χ4n) is 4.07. The number of rotatable bonds is 5. The van der Waals surface area contributed by atoms with E-state index in [1.165, 1.54) is 4.68 Å². The molecule has 0 atom stereocenters. The molecule has 0 radical (unpaired) electrons. The van der Waals surface area contributed by atoms with Gasteiger partial charge in [0.15, 0.2) is 0 Å². The maximum Gasteiger partial charge on any atom is 0.292 e. The molecule has 1 aliphatic rings. The van der Waals surface area contributed by atoms with E-state index in [0.29, 0.717) is 49.7 Å². The quantitative estimate of drug-likeness (QED) is 0.444. The van der Waals surface area contributed by atoms with Crippen LogP contribution in [0.2, 0.25) is 5.02 Å². The van der Waals surface area contributed by atoms with Crippen molar-refractivity contribution in [3.05, 3.63) is 106 Å². The molecule has 0 unspecified atom stereocenters. The van der Waals surface area contributed by atoms with E-state index in [1.54, 1.807) is 30.9 Å². The summed E-state index contributed by atoms with van der Waals surface area (Å²) in [5.74, 6) is -0.00227. The second kappa shape index (κ2) is 9.52. The number of para-hydroxylation sites is 1. The Labute approximate surface area is 201 Å². The van der Waals surface area contributed by atoms with Crippen molar-refractivity contribution in [2.45, 2.75) is 6.54 Å². The third-order valence-corrected chi connectivity index (χ3v) is 6.29. The molecule has 34 heavy (non-hydrogen) atoms. The lowest BCUT2D eigenvalue weighted by molar-refractivity contribution is 0.0746. The Bertz CT molecular complexity index is 1330. The van der Waals surface area contributed by atoms with E-state index >= 15 is 0 Å². The molecule has 2 aromatic carbocycles. The zero-order valence-electron chi connectivity index (χ0n) is 18.4. The lowest BCUT2D eigenvalue weighted by Gasteiger charge is -2.36. The van der Waals surface area contributed by atoms with E-state index in [2.05, 4.69) is 10.1 Å². The van der Waals surface area contributed by atoms with Crippen molar-refractivity contribution in [2.24, 2.45) is 0 Å². The maximum atomic E-state index is 13.0. The van der Waals surface area contributed by atoms with Crippen LogP contribution in [0, 0.1) is 0 Å². The van der Waals surface area contributed by atoms with E-state index in [-0.39, 0.29) is 16.5 Å². The molecule has 1 saturated heterocycles. The lowest BCUT2D eigenvalue weighted by atomic mass is 10.1. The second-order valence-corrected chi connectivity index (χ2v) is 8.49. The number of nitrogens with zero attached hydrogens (tertiary/aromatic N) is 6. The minimum atomic E-state index is -0.361. The highest BCUT2D eigenvalue weighted by atomic mass is 35.5. The Kier molecular flexibility index (Phi) is 6.14. The summed E-state index contributed by atoms with van der Waals surface area (Å²) in [5.41, 5.74) is 2.65. The van der Waals surface area contributed by atoms with Gasteiger partial charge in [-0.05, 0) is 29.8 Å². The number of halogens is 1. The van der Waals surface area contributed by atoms with Gasteiger partial charge in [0, 0.05) is 50.7 Å². The number of carbonyl (C=O) groups is 1. The van der Waals surface area contributed by atoms with Crippen molar-refractivity contribution >= 4 is 23.2 Å². The highest BCUT2D eigenvalue weighted by molar-refractivity contribution is 6.33. The predicted octanol–water partition coefficient (Wildman–Crippen LogP) is 3.09. The Morgan fingerprint density at radius 3 is 2.38 bits per heavy atom. The van der Waals surface area contributed by atoms with Gasteiger partial charge in [-0.2, -0.15) is 9.78 Å². The van der Waals surface area contributed by atoms with E-state index < -0.39 is 0 Å². The number of hydrogen-bond acceptors (Lipinski definition) is 5. The van der Waals surface area contributed by atoms with Crippen LogP contribution in [-0.4, -0.2) is 56.3 Å². The number of hydrogen-bond donors (Lipinski definition) is 0. The Morgan fingerprint density at radius 2 is 1.71 bits per heavy atom. The predicted molar refractivity (Wildman–Crippen MR) is 131 cm³/mol. The molecule has 2 aromatic heterocycles. The SMILES string of the molecule is O=C(c1ccc(Cn2ccnc2)cc1)N1CCN(c2cnn(-c3ccccc3)c(=O)c2Cl)CC1. The van der Waals surface area contributed by atoms with E-state index in [1.807, 2.05) is 63.0 Å². The smallest absolute Gasteiger partial charge is 0.292 e. The first-order valence-corrected chi connectivity index (χ1v) is 11.4. The van der Waals surface area contributed by atoms with Crippen molar-refractivity contribution < 1.29 is 4.79 Å². The summed E-state index contributed by atoms with van der Waals surface area (Å²) in [6.45, 7) is 2.92. The van der Waals surface area contributed by atoms with Crippen LogP contribution in [0.4, 0.5) is 5.69 Å². The van der Waals surface area contributed by atoms with Gasteiger partial charge in [-0.15, -0.1) is 0 Å². The number of carbonyl (C=O) groups excluding carboxylic acids is 1. The molecular formula is C25H23ClN6O2. The Hall–Kier alpha value is -3.91. The van der Waals surface area contributed by atoms with Gasteiger partial charge < -0.3 is 14.4 Å². The van der Waals surface area contributed by atoms with Gasteiger partial charge in [0.1, 0.15) is 5.02 Å². The van der Waals surface area contributed by atoms with Crippen LogP contribution in [-0.2, 0) is 6.54 Å². The minimum absolute atomic E-state index is 0.00227. The van der Waals surface area contributed by atoms with Crippen molar-refractivity contribution in [2.75, 3.05) is 31.1 Å². The highest BCUT2D eigenvalue weighted by Crippen LogP contribution is 2.23. The van der Waals surface area contributed by atoms with Crippen LogP contribution in [0.3, 0.4) is 0 Å². The van der Waals surface area contributed by atoms with Crippen LogP contribution in [0.25, 0.3) is 5.69 Å². The molecule has 1 fully saturated rings. The summed E-state index contributed by atoms with van der Waals surface area (Å²) < 4.78 is 3.27. The van der Waals surface area contributed by atoms with Crippen molar-refractivity contribution in [1.29, 1.82) is 0 Å². The molecule has 8 nitrogen and oxygen atoms in total. The monoisotopic (exact) mass is 474 g/mol. The molecule has 1 aliphatic heterocycles. The molecule has 172 valence electrons. The fourth-order valence-corrected chi connectivity index (χ4v) is 4.32. The first-order chi connectivity index (χ1) is 16.6. The largest absolute Gasteiger partial charge is 0.365 e. The summed E-state index contributed by atoms with van der Waals surface area (Å²) in [6, 6.07) is 16.8. The average Bonchev–Trinajstić information content (AvgIpc) is 3.39. The first-order valence-electron chi connectivity index (χ1n) is 11.0. The van der Waals surface area contributed by atoms with Gasteiger partial charge in [-0.1, -0.05) is 41.9 Å². The van der Waals surface area contributed by atoms with E-state index in [0.717, 1.165) is 5.56 Å². The maximum absolute atomic E-state index is 13.0. The van der Waals surface area contributed by atoms with Crippen LogP contribution in [0.15, 0.2) is 84.3 Å². The third kappa shape index (κ3) is 4.45. The molecular weight excluding hydrogens is 452 g/mol. The van der Waals surface area contributed by atoms with Crippen LogP contribution in [0.1, 0.15) is 15.9 Å². The second-order valence-electron chi connectivity index (χ2n) is 8.11. The molecule has 9 heteroatoms. The topological polar surface area (TPSA) is 76.3 Å². The summed E-state index contributed by atoms with van der Waals surface area (Å²) >= 11 is 6.44. The van der Waals surface area contributed by atoms with Crippen LogP contribution >= 0.6 is 11.6 Å². The Balaban J connectivity index is 1.24. The standard InChI is InChI=1S/C25H23ClN6O2/c26-23-22(16-28-32(25(23)34)21-4-2-1-3-5-21)30-12-14-31(15-13-30)24(33)20-8-6-19(7-9-20)17-29-11-10-27-18-29/h1-11,16,18H,12-15,17H2. The molecule has 0 bridgehead atoms. The molecule has 1 amide bonds. The number of anilines is 1. The van der Waals surface area contributed by atoms with E-state index in [4.69, 9.17) is 11.6 Å². The number of aromatic nitrogens is 4. The van der Waals surface area contributed by atoms with Crippen molar-refractivity contribution in [1.82, 2.24) is 24.2 Å². The lowest BCUT2D eigenvalue weighted by Crippen LogP contribution is -2.49. The van der Waals surface area contributed by atoms with E-state index in [9.17, 15) is 9.59 Å². The van der Waals surface area contributed by atoms with Gasteiger partial charge in [-0.3, -0.25) is 9.59 Å². The van der Waals surface area contributed by atoms with Gasteiger partial charge in [0.25, 0.3) is 11.5 Å². The van der Waals surface area contributed by atoms with Crippen LogP contribution in [0.5, 0.6) is 0 Å². The zero-order chi connectivity index (χ0) is 23.5. The normalized spacial score (nSPS) is 13.8. The van der Waals surface area contributed by atoms with Gasteiger partial charge in [0.2, 0.25) is 0 Å². The molecule has 0 spiro atoms. The van der Waals surface area contributed by atoms with Gasteiger partial charge in [0.05, 0.1) is 23.9 Å². The Morgan fingerprint density at radius 1 is 0.971 bits per heavy atom. The van der Waals surface area contributed by atoms with Crippen molar-refractivity contribution in [3.63, 3.8) is 0 Å². The van der Waals surface area contributed by atoms with Gasteiger partial charge in [-0.25, -0.2) is 4.98 Å². The number of piperazine rings is 1. The summed E-state index contributed by atoms with van der Waals surface area (Å²) in [4.78, 5) is 33.7. The fraction of sp³-hybridized carbons (Fsp3) is 0.200. The molecule has 0 saturated carbocycles. The third-order valence-electron chi connectivity index (χ3n) is 5.93. The summed E-state index contributed by atoms with van der Waals surface area (Å²) in [5, 5.41) is 4.44.